The minimum absolute atomic E-state index is 0.0241. The van der Waals surface area contributed by atoms with E-state index in [1.165, 1.54) is 22.9 Å². The van der Waals surface area contributed by atoms with E-state index in [9.17, 15) is 4.39 Å². The van der Waals surface area contributed by atoms with Gasteiger partial charge in [-0.25, -0.2) is 9.40 Å². The molecule has 2 atom stereocenters. The molecular formula is C26H18BrFN2O. The number of hydrogen-bond donors (Lipinski definition) is 0. The highest BCUT2D eigenvalue weighted by Gasteiger charge is 2.41. The van der Waals surface area contributed by atoms with Gasteiger partial charge >= 0.3 is 0 Å². The molecular weight excluding hydrogens is 455 g/mol. The largest absolute Gasteiger partial charge is 0.464 e. The lowest BCUT2D eigenvalue weighted by atomic mass is 9.95. The summed E-state index contributed by atoms with van der Waals surface area (Å²) in [5, 5.41) is 9.37. The van der Waals surface area contributed by atoms with E-state index in [2.05, 4.69) is 52.3 Å². The first-order valence-corrected chi connectivity index (χ1v) is 11.0. The van der Waals surface area contributed by atoms with Gasteiger partial charge in [-0.1, -0.05) is 64.5 Å². The number of benzene rings is 4. The summed E-state index contributed by atoms with van der Waals surface area (Å²) < 4.78 is 21.3. The van der Waals surface area contributed by atoms with Crippen LogP contribution in [-0.4, -0.2) is 10.7 Å². The zero-order valence-corrected chi connectivity index (χ0v) is 18.1. The second-order valence-electron chi connectivity index (χ2n) is 7.92. The molecule has 4 aromatic carbocycles. The zero-order valence-electron chi connectivity index (χ0n) is 16.5. The fraction of sp³-hybridized carbons (Fsp3) is 0.115. The van der Waals surface area contributed by atoms with Gasteiger partial charge in [0.15, 0.2) is 0 Å². The van der Waals surface area contributed by atoms with Crippen molar-refractivity contribution in [3.8, 4) is 5.75 Å². The van der Waals surface area contributed by atoms with Crippen molar-refractivity contribution < 1.29 is 9.13 Å². The first kappa shape index (κ1) is 18.6. The van der Waals surface area contributed by atoms with E-state index in [0.717, 1.165) is 39.0 Å². The van der Waals surface area contributed by atoms with E-state index in [1.807, 2.05) is 35.3 Å². The third-order valence-electron chi connectivity index (χ3n) is 5.97. The van der Waals surface area contributed by atoms with Crippen LogP contribution in [0.4, 0.5) is 4.39 Å². The van der Waals surface area contributed by atoms with Gasteiger partial charge in [0.05, 0.1) is 11.8 Å². The SMILES string of the molecule is Fc1cccc([C@H]2Oc3ccc(Br)cc3[C@@H]3CC(c4ccc5ccccc5c4)=NN23)c1. The fourth-order valence-corrected chi connectivity index (χ4v) is 4.86. The topological polar surface area (TPSA) is 24.8 Å². The van der Waals surface area contributed by atoms with Crippen LogP contribution in [0.15, 0.2) is 94.5 Å². The normalized spacial score (nSPS) is 19.5. The molecule has 0 radical (unpaired) electrons. The van der Waals surface area contributed by atoms with Crippen LogP contribution in [0.3, 0.4) is 0 Å². The van der Waals surface area contributed by atoms with Gasteiger partial charge in [0.25, 0.3) is 0 Å². The van der Waals surface area contributed by atoms with Gasteiger partial charge in [0.2, 0.25) is 6.23 Å². The molecule has 0 saturated carbocycles. The highest BCUT2D eigenvalue weighted by molar-refractivity contribution is 9.10. The zero-order chi connectivity index (χ0) is 20.9. The van der Waals surface area contributed by atoms with Gasteiger partial charge in [-0.2, -0.15) is 5.10 Å². The minimum atomic E-state index is -0.479. The molecule has 3 nitrogen and oxygen atoms in total. The van der Waals surface area contributed by atoms with E-state index in [4.69, 9.17) is 9.84 Å². The van der Waals surface area contributed by atoms with Crippen molar-refractivity contribution in [3.63, 3.8) is 0 Å². The van der Waals surface area contributed by atoms with Gasteiger partial charge in [0.1, 0.15) is 11.6 Å². The molecule has 0 bridgehead atoms. The van der Waals surface area contributed by atoms with E-state index < -0.39 is 6.23 Å². The maximum absolute atomic E-state index is 14.0. The van der Waals surface area contributed by atoms with Crippen LogP contribution >= 0.6 is 15.9 Å². The second kappa shape index (κ2) is 7.20. The molecule has 0 aliphatic carbocycles. The number of hydrogen-bond acceptors (Lipinski definition) is 3. The van der Waals surface area contributed by atoms with Crippen LogP contribution in [0.1, 0.15) is 35.4 Å². The Bertz CT molecular complexity index is 1350. The lowest BCUT2D eigenvalue weighted by Gasteiger charge is -2.38. The Morgan fingerprint density at radius 2 is 1.77 bits per heavy atom. The van der Waals surface area contributed by atoms with Gasteiger partial charge < -0.3 is 4.74 Å². The average Bonchev–Trinajstić information content (AvgIpc) is 3.24. The van der Waals surface area contributed by atoms with Crippen LogP contribution in [-0.2, 0) is 0 Å². The quantitative estimate of drug-likeness (QED) is 0.314. The summed E-state index contributed by atoms with van der Waals surface area (Å²) in [6.07, 6.45) is 0.282. The van der Waals surface area contributed by atoms with Crippen molar-refractivity contribution in [2.45, 2.75) is 18.7 Å². The van der Waals surface area contributed by atoms with Crippen molar-refractivity contribution in [1.29, 1.82) is 0 Å². The monoisotopic (exact) mass is 472 g/mol. The van der Waals surface area contributed by atoms with Crippen LogP contribution in [0.5, 0.6) is 5.75 Å². The molecule has 2 aliphatic rings. The molecule has 0 saturated heterocycles. The van der Waals surface area contributed by atoms with Gasteiger partial charge in [-0.3, -0.25) is 0 Å². The van der Waals surface area contributed by atoms with Crippen molar-refractivity contribution in [3.05, 3.63) is 112 Å². The van der Waals surface area contributed by atoms with E-state index in [1.54, 1.807) is 6.07 Å². The van der Waals surface area contributed by atoms with Crippen LogP contribution in [0.2, 0.25) is 0 Å². The molecule has 0 aromatic heterocycles. The highest BCUT2D eigenvalue weighted by atomic mass is 79.9. The molecule has 152 valence electrons. The molecule has 6 rings (SSSR count). The second-order valence-corrected chi connectivity index (χ2v) is 8.83. The summed E-state index contributed by atoms with van der Waals surface area (Å²) in [6.45, 7) is 0. The van der Waals surface area contributed by atoms with Gasteiger partial charge in [-0.15, -0.1) is 0 Å². The van der Waals surface area contributed by atoms with Crippen molar-refractivity contribution >= 4 is 32.4 Å². The van der Waals surface area contributed by atoms with Gasteiger partial charge in [-0.05, 0) is 52.7 Å². The van der Waals surface area contributed by atoms with Crippen LogP contribution in [0.25, 0.3) is 10.8 Å². The maximum Gasteiger partial charge on any atom is 0.213 e. The Morgan fingerprint density at radius 3 is 2.65 bits per heavy atom. The first-order valence-electron chi connectivity index (χ1n) is 10.2. The van der Waals surface area contributed by atoms with Crippen LogP contribution in [0, 0.1) is 5.82 Å². The molecule has 31 heavy (non-hydrogen) atoms. The Morgan fingerprint density at radius 1 is 0.903 bits per heavy atom. The molecule has 0 amide bonds. The molecule has 0 N–H and O–H groups in total. The van der Waals surface area contributed by atoms with Crippen molar-refractivity contribution in [1.82, 2.24) is 5.01 Å². The summed E-state index contributed by atoms with van der Waals surface area (Å²) in [5.74, 6) is 0.533. The number of halogens is 2. The minimum Gasteiger partial charge on any atom is -0.464 e. The van der Waals surface area contributed by atoms with E-state index >= 15 is 0 Å². The van der Waals surface area contributed by atoms with E-state index in [0.29, 0.717) is 0 Å². The lowest BCUT2D eigenvalue weighted by Crippen LogP contribution is -2.33. The predicted octanol–water partition coefficient (Wildman–Crippen LogP) is 6.98. The smallest absolute Gasteiger partial charge is 0.213 e. The number of nitrogens with zero attached hydrogens (tertiary/aromatic N) is 2. The molecule has 0 unspecified atom stereocenters. The number of ether oxygens (including phenoxy) is 1. The van der Waals surface area contributed by atoms with Crippen LogP contribution < -0.4 is 4.74 Å². The standard InChI is InChI=1S/C26H18BrFN2O/c27-20-10-11-25-22(14-20)24-15-23(18-9-8-16-4-1-2-5-17(16)12-18)29-30(24)26(31-25)19-6-3-7-21(28)13-19/h1-14,24,26H,15H2/t24-,26+/m0/s1. The molecule has 0 fully saturated rings. The number of hydrazone groups is 1. The highest BCUT2D eigenvalue weighted by Crippen LogP contribution is 2.48. The van der Waals surface area contributed by atoms with Crippen molar-refractivity contribution in [2.75, 3.05) is 0 Å². The molecule has 0 spiro atoms. The Kier molecular flexibility index (Phi) is 4.32. The Balaban J connectivity index is 1.46. The summed E-state index contributed by atoms with van der Waals surface area (Å²) >= 11 is 3.58. The Hall–Kier alpha value is -3.18. The summed E-state index contributed by atoms with van der Waals surface area (Å²) in [5.41, 5.74) is 3.94. The molecule has 2 aliphatic heterocycles. The fourth-order valence-electron chi connectivity index (χ4n) is 4.48. The predicted molar refractivity (Wildman–Crippen MR) is 124 cm³/mol. The average molecular weight is 473 g/mol. The summed E-state index contributed by atoms with van der Waals surface area (Å²) in [4.78, 5) is 0. The summed E-state index contributed by atoms with van der Waals surface area (Å²) in [7, 11) is 0. The van der Waals surface area contributed by atoms with Crippen molar-refractivity contribution in [2.24, 2.45) is 5.10 Å². The number of fused-ring (bicyclic) bond motifs is 4. The lowest BCUT2D eigenvalue weighted by molar-refractivity contribution is -0.0192. The summed E-state index contributed by atoms with van der Waals surface area (Å²) in [6, 6.07) is 27.4. The molecule has 5 heteroatoms. The van der Waals surface area contributed by atoms with Gasteiger partial charge in [0, 0.05) is 22.0 Å². The third-order valence-corrected chi connectivity index (χ3v) is 6.46. The third kappa shape index (κ3) is 3.20. The maximum atomic E-state index is 14.0. The van der Waals surface area contributed by atoms with E-state index in [-0.39, 0.29) is 11.9 Å². The molecule has 4 aromatic rings. The Labute approximate surface area is 187 Å². The molecule has 2 heterocycles. The first-order chi connectivity index (χ1) is 15.2. The number of rotatable bonds is 2.